The van der Waals surface area contributed by atoms with Crippen molar-refractivity contribution in [2.24, 2.45) is 0 Å². The van der Waals surface area contributed by atoms with Gasteiger partial charge in [0.1, 0.15) is 6.26 Å². The van der Waals surface area contributed by atoms with E-state index in [1.807, 2.05) is 10.3 Å². The molecule has 1 saturated carbocycles. The van der Waals surface area contributed by atoms with E-state index in [1.54, 1.807) is 11.4 Å². The summed E-state index contributed by atoms with van der Waals surface area (Å²) >= 11 is 1.44. The number of hydrogen-bond donors (Lipinski definition) is 1. The monoisotopic (exact) mass is 388 g/mol. The van der Waals surface area contributed by atoms with Crippen molar-refractivity contribution >= 4 is 29.2 Å². The van der Waals surface area contributed by atoms with Gasteiger partial charge < -0.3 is 9.32 Å². The molecule has 3 heterocycles. The Hall–Kier alpha value is -2.19. The number of piperazine rings is 1. The van der Waals surface area contributed by atoms with Crippen molar-refractivity contribution < 1.29 is 14.0 Å². The number of nitrogens with one attached hydrogen (secondary N) is 1. The molecular weight excluding hydrogens is 364 g/mol. The van der Waals surface area contributed by atoms with Crippen LogP contribution in [0.1, 0.15) is 53.0 Å². The number of carbonyl (C=O) groups excluding carboxylic acids is 2. The van der Waals surface area contributed by atoms with Gasteiger partial charge in [0.05, 0.1) is 5.56 Å². The smallest absolute Gasteiger partial charge is 0.302 e. The highest BCUT2D eigenvalue weighted by Crippen LogP contribution is 2.24. The highest BCUT2D eigenvalue weighted by Gasteiger charge is 2.28. The molecule has 144 valence electrons. The summed E-state index contributed by atoms with van der Waals surface area (Å²) in [4.78, 5) is 33.2. The lowest BCUT2D eigenvalue weighted by Crippen LogP contribution is -2.52. The fourth-order valence-corrected chi connectivity index (χ4v) is 4.53. The number of thiophene rings is 1. The van der Waals surface area contributed by atoms with E-state index in [9.17, 15) is 9.59 Å². The van der Waals surface area contributed by atoms with Crippen LogP contribution in [-0.4, -0.2) is 58.8 Å². The maximum atomic E-state index is 12.7. The van der Waals surface area contributed by atoms with Gasteiger partial charge in [-0.2, -0.15) is 16.3 Å². The lowest BCUT2D eigenvalue weighted by Gasteiger charge is -2.40. The van der Waals surface area contributed by atoms with Gasteiger partial charge in [-0.15, -0.1) is 0 Å². The Morgan fingerprint density at radius 2 is 1.93 bits per heavy atom. The molecule has 0 radical (unpaired) electrons. The van der Waals surface area contributed by atoms with Crippen LogP contribution in [0.4, 0.5) is 6.01 Å². The van der Waals surface area contributed by atoms with Crippen LogP contribution in [-0.2, 0) is 0 Å². The van der Waals surface area contributed by atoms with Crippen molar-refractivity contribution in [3.8, 4) is 0 Å². The summed E-state index contributed by atoms with van der Waals surface area (Å²) in [5.41, 5.74) is 0.784. The Kier molecular flexibility index (Phi) is 5.54. The SMILES string of the molecule is O=C(Nc1nc(C(=O)N2CCN(C3CCCCC3)CC2)co1)c1ccsc1. The summed E-state index contributed by atoms with van der Waals surface area (Å²) in [5, 5.41) is 6.16. The molecule has 0 unspecified atom stereocenters. The molecule has 2 aromatic rings. The number of aromatic nitrogens is 1. The van der Waals surface area contributed by atoms with Crippen LogP contribution in [0.5, 0.6) is 0 Å². The standard InChI is InChI=1S/C19H24N4O3S/c24-17(14-6-11-27-13-14)21-19-20-16(12-26-19)18(25)23-9-7-22(8-10-23)15-4-2-1-3-5-15/h6,11-13,15H,1-5,7-10H2,(H,20,21,24). The molecule has 27 heavy (non-hydrogen) atoms. The Morgan fingerprint density at radius 1 is 1.15 bits per heavy atom. The minimum absolute atomic E-state index is 0.0513. The number of carbonyl (C=O) groups is 2. The molecule has 4 rings (SSSR count). The number of anilines is 1. The molecule has 2 amide bonds. The molecule has 0 spiro atoms. The lowest BCUT2D eigenvalue weighted by atomic mass is 9.94. The van der Waals surface area contributed by atoms with Crippen molar-refractivity contribution in [2.75, 3.05) is 31.5 Å². The fourth-order valence-electron chi connectivity index (χ4n) is 3.89. The highest BCUT2D eigenvalue weighted by molar-refractivity contribution is 7.08. The second-order valence-electron chi connectivity index (χ2n) is 7.12. The summed E-state index contributed by atoms with van der Waals surface area (Å²) in [6.07, 6.45) is 7.88. The summed E-state index contributed by atoms with van der Waals surface area (Å²) in [5.74, 6) is -0.434. The Labute approximate surface area is 162 Å². The van der Waals surface area contributed by atoms with Crippen LogP contribution in [0, 0.1) is 0 Å². The average molecular weight is 388 g/mol. The third-order valence-corrected chi connectivity index (χ3v) is 6.10. The molecule has 7 nitrogen and oxygen atoms in total. The predicted octanol–water partition coefficient (Wildman–Crippen LogP) is 3.08. The van der Waals surface area contributed by atoms with Gasteiger partial charge in [-0.3, -0.25) is 19.8 Å². The van der Waals surface area contributed by atoms with Gasteiger partial charge in [-0.05, 0) is 24.3 Å². The molecule has 2 fully saturated rings. The molecule has 8 heteroatoms. The van der Waals surface area contributed by atoms with Gasteiger partial charge in [0.15, 0.2) is 5.69 Å². The van der Waals surface area contributed by atoms with E-state index in [0.717, 1.165) is 13.1 Å². The van der Waals surface area contributed by atoms with Crippen molar-refractivity contribution in [1.82, 2.24) is 14.8 Å². The largest absolute Gasteiger partial charge is 0.431 e. The second kappa shape index (κ2) is 8.22. The number of rotatable bonds is 4. The van der Waals surface area contributed by atoms with Crippen LogP contribution in [0.3, 0.4) is 0 Å². The minimum Gasteiger partial charge on any atom is -0.431 e. The summed E-state index contributed by atoms with van der Waals surface area (Å²) in [6.45, 7) is 3.24. The van der Waals surface area contributed by atoms with E-state index >= 15 is 0 Å². The molecule has 1 aliphatic carbocycles. The van der Waals surface area contributed by atoms with E-state index < -0.39 is 0 Å². The summed E-state index contributed by atoms with van der Waals surface area (Å²) in [6, 6.07) is 2.46. The van der Waals surface area contributed by atoms with E-state index in [0.29, 0.717) is 24.7 Å². The third-order valence-electron chi connectivity index (χ3n) is 5.42. The van der Waals surface area contributed by atoms with Gasteiger partial charge in [0.2, 0.25) is 0 Å². The average Bonchev–Trinajstić information content (AvgIpc) is 3.40. The molecule has 1 saturated heterocycles. The first kappa shape index (κ1) is 18.2. The van der Waals surface area contributed by atoms with Gasteiger partial charge in [0, 0.05) is 37.6 Å². The van der Waals surface area contributed by atoms with Gasteiger partial charge in [-0.1, -0.05) is 19.3 Å². The van der Waals surface area contributed by atoms with Crippen LogP contribution in [0.25, 0.3) is 0 Å². The Bertz CT molecular complexity index is 775. The quantitative estimate of drug-likeness (QED) is 0.871. The summed E-state index contributed by atoms with van der Waals surface area (Å²) < 4.78 is 5.26. The normalized spacial score (nSPS) is 19.2. The Morgan fingerprint density at radius 3 is 2.63 bits per heavy atom. The highest BCUT2D eigenvalue weighted by atomic mass is 32.1. The zero-order valence-corrected chi connectivity index (χ0v) is 16.0. The summed E-state index contributed by atoms with van der Waals surface area (Å²) in [7, 11) is 0. The van der Waals surface area contributed by atoms with Crippen molar-refractivity contribution in [1.29, 1.82) is 0 Å². The van der Waals surface area contributed by atoms with Crippen molar-refractivity contribution in [2.45, 2.75) is 38.1 Å². The zero-order valence-electron chi connectivity index (χ0n) is 15.2. The third kappa shape index (κ3) is 4.22. The van der Waals surface area contributed by atoms with Crippen LogP contribution in [0.2, 0.25) is 0 Å². The molecular formula is C19H24N4O3S. The first-order chi connectivity index (χ1) is 13.2. The molecule has 0 bridgehead atoms. The van der Waals surface area contributed by atoms with Crippen LogP contribution in [0.15, 0.2) is 27.5 Å². The number of nitrogens with zero attached hydrogens (tertiary/aromatic N) is 3. The fraction of sp³-hybridized carbons (Fsp3) is 0.526. The van der Waals surface area contributed by atoms with Crippen LogP contribution >= 0.6 is 11.3 Å². The van der Waals surface area contributed by atoms with Crippen molar-refractivity contribution in [3.05, 3.63) is 34.3 Å². The molecule has 2 aromatic heterocycles. The van der Waals surface area contributed by atoms with Gasteiger partial charge in [0.25, 0.3) is 11.8 Å². The first-order valence-electron chi connectivity index (χ1n) is 9.53. The number of amides is 2. The van der Waals surface area contributed by atoms with E-state index in [1.165, 1.54) is 49.7 Å². The molecule has 0 atom stereocenters. The lowest BCUT2D eigenvalue weighted by molar-refractivity contribution is 0.0518. The molecule has 1 N–H and O–H groups in total. The molecule has 2 aliphatic rings. The topological polar surface area (TPSA) is 78.7 Å². The minimum atomic E-state index is -0.293. The first-order valence-corrected chi connectivity index (χ1v) is 10.5. The second-order valence-corrected chi connectivity index (χ2v) is 7.90. The van der Waals surface area contributed by atoms with E-state index in [2.05, 4.69) is 15.2 Å². The predicted molar refractivity (Wildman–Crippen MR) is 103 cm³/mol. The number of oxazole rings is 1. The van der Waals surface area contributed by atoms with Gasteiger partial charge >= 0.3 is 6.01 Å². The van der Waals surface area contributed by atoms with Crippen LogP contribution < -0.4 is 5.32 Å². The van der Waals surface area contributed by atoms with Gasteiger partial charge in [-0.25, -0.2) is 0 Å². The maximum absolute atomic E-state index is 12.7. The number of hydrogen-bond acceptors (Lipinski definition) is 6. The van der Waals surface area contributed by atoms with E-state index in [-0.39, 0.29) is 23.5 Å². The maximum Gasteiger partial charge on any atom is 0.302 e. The van der Waals surface area contributed by atoms with E-state index in [4.69, 9.17) is 4.42 Å². The molecule has 0 aromatic carbocycles. The molecule has 1 aliphatic heterocycles. The Balaban J connectivity index is 1.31. The zero-order chi connectivity index (χ0) is 18.6. The van der Waals surface area contributed by atoms with Crippen molar-refractivity contribution in [3.63, 3.8) is 0 Å².